The van der Waals surface area contributed by atoms with Crippen LogP contribution in [-0.2, 0) is 12.8 Å². The summed E-state index contributed by atoms with van der Waals surface area (Å²) in [7, 11) is 0. The molecule has 4 heteroatoms. The van der Waals surface area contributed by atoms with Gasteiger partial charge in [-0.15, -0.1) is 0 Å². The van der Waals surface area contributed by atoms with Crippen molar-refractivity contribution in [3.8, 4) is 11.3 Å². The Balaban J connectivity index is 1.86. The molecule has 0 bridgehead atoms. The minimum Gasteiger partial charge on any atom is -0.277 e. The molecule has 4 aromatic rings. The summed E-state index contributed by atoms with van der Waals surface area (Å²) in [4.78, 5) is 4.85. The van der Waals surface area contributed by atoms with E-state index in [1.807, 2.05) is 18.3 Å². The summed E-state index contributed by atoms with van der Waals surface area (Å²) < 4.78 is 13.2. The third-order valence-corrected chi connectivity index (χ3v) is 4.52. The number of nitrogens with zero attached hydrogens (tertiary/aromatic N) is 2. The molecule has 5 rings (SSSR count). The highest BCUT2D eigenvalue weighted by Gasteiger charge is 2.24. The van der Waals surface area contributed by atoms with Crippen LogP contribution in [0.3, 0.4) is 0 Å². The molecule has 0 radical (unpaired) electrons. The van der Waals surface area contributed by atoms with Gasteiger partial charge in [-0.05, 0) is 60.4 Å². The van der Waals surface area contributed by atoms with Crippen molar-refractivity contribution in [1.29, 1.82) is 0 Å². The number of aromatic nitrogens is 3. The highest BCUT2D eigenvalue weighted by atomic mass is 19.1. The highest BCUT2D eigenvalue weighted by Crippen LogP contribution is 2.39. The Kier molecular flexibility index (Phi) is 2.23. The van der Waals surface area contributed by atoms with Crippen LogP contribution in [-0.4, -0.2) is 15.2 Å². The molecule has 3 nitrogen and oxygen atoms in total. The van der Waals surface area contributed by atoms with Gasteiger partial charge in [0.05, 0.1) is 22.9 Å². The van der Waals surface area contributed by atoms with E-state index in [0.29, 0.717) is 0 Å². The fourth-order valence-electron chi connectivity index (χ4n) is 3.35. The third kappa shape index (κ3) is 1.49. The lowest BCUT2D eigenvalue weighted by Crippen LogP contribution is -2.13. The number of benzene rings is 2. The average molecular weight is 289 g/mol. The van der Waals surface area contributed by atoms with Crippen molar-refractivity contribution >= 4 is 21.8 Å². The van der Waals surface area contributed by atoms with E-state index in [4.69, 9.17) is 4.98 Å². The molecule has 106 valence electrons. The second kappa shape index (κ2) is 4.13. The maximum absolute atomic E-state index is 13.2. The lowest BCUT2D eigenvalue weighted by molar-refractivity contribution is 0.628. The molecule has 0 saturated carbocycles. The van der Waals surface area contributed by atoms with Gasteiger partial charge in [-0.25, -0.2) is 9.37 Å². The summed E-state index contributed by atoms with van der Waals surface area (Å²) in [5.74, 6) is -0.220. The van der Waals surface area contributed by atoms with Crippen LogP contribution in [0.25, 0.3) is 33.1 Å². The van der Waals surface area contributed by atoms with Crippen LogP contribution in [0.4, 0.5) is 4.39 Å². The zero-order valence-electron chi connectivity index (χ0n) is 11.7. The van der Waals surface area contributed by atoms with Gasteiger partial charge in [-0.1, -0.05) is 0 Å². The van der Waals surface area contributed by atoms with Gasteiger partial charge in [0.15, 0.2) is 0 Å². The normalized spacial score (nSPS) is 13.3. The molecular formula is C18H12FN3. The van der Waals surface area contributed by atoms with E-state index in [0.717, 1.165) is 40.5 Å². The zero-order valence-corrected chi connectivity index (χ0v) is 11.7. The van der Waals surface area contributed by atoms with Crippen molar-refractivity contribution in [2.45, 2.75) is 12.8 Å². The summed E-state index contributed by atoms with van der Waals surface area (Å²) in [5.41, 5.74) is 6.61. The van der Waals surface area contributed by atoms with Gasteiger partial charge in [0, 0.05) is 16.3 Å². The van der Waals surface area contributed by atoms with Crippen LogP contribution in [0.1, 0.15) is 11.1 Å². The molecule has 2 aromatic heterocycles. The van der Waals surface area contributed by atoms with E-state index in [1.54, 1.807) is 12.1 Å². The summed E-state index contributed by atoms with van der Waals surface area (Å²) in [5, 5.41) is 9.53. The van der Waals surface area contributed by atoms with Crippen LogP contribution < -0.4 is 0 Å². The zero-order chi connectivity index (χ0) is 14.7. The maximum atomic E-state index is 13.2. The minimum atomic E-state index is -0.220. The van der Waals surface area contributed by atoms with Gasteiger partial charge in [-0.3, -0.25) is 5.10 Å². The van der Waals surface area contributed by atoms with Crippen LogP contribution in [0.5, 0.6) is 0 Å². The first-order valence-electron chi connectivity index (χ1n) is 7.35. The SMILES string of the molecule is Fc1ccc(-c2nc3ccc4cn[nH]c4c3c3c2CC3)cc1. The number of hydrogen-bond donors (Lipinski definition) is 1. The fraction of sp³-hybridized carbons (Fsp3) is 0.111. The second-order valence-electron chi connectivity index (χ2n) is 5.72. The van der Waals surface area contributed by atoms with E-state index in [9.17, 15) is 4.39 Å². The number of nitrogens with one attached hydrogen (secondary N) is 1. The van der Waals surface area contributed by atoms with E-state index in [-0.39, 0.29) is 5.82 Å². The third-order valence-electron chi connectivity index (χ3n) is 4.52. The van der Waals surface area contributed by atoms with Crippen molar-refractivity contribution in [3.05, 3.63) is 59.5 Å². The molecule has 0 amide bonds. The molecular weight excluding hydrogens is 277 g/mol. The molecule has 1 N–H and O–H groups in total. The van der Waals surface area contributed by atoms with E-state index >= 15 is 0 Å². The largest absolute Gasteiger partial charge is 0.277 e. The van der Waals surface area contributed by atoms with E-state index in [1.165, 1.54) is 28.6 Å². The maximum Gasteiger partial charge on any atom is 0.123 e. The fourth-order valence-corrected chi connectivity index (χ4v) is 3.35. The molecule has 1 aliphatic carbocycles. The Hall–Kier alpha value is -2.75. The van der Waals surface area contributed by atoms with Gasteiger partial charge in [-0.2, -0.15) is 5.10 Å². The predicted molar refractivity (Wildman–Crippen MR) is 84.2 cm³/mol. The number of aryl methyl sites for hydroxylation is 1. The summed E-state index contributed by atoms with van der Waals surface area (Å²) in [6.45, 7) is 0. The summed E-state index contributed by atoms with van der Waals surface area (Å²) in [6.07, 6.45) is 3.92. The van der Waals surface area contributed by atoms with Crippen molar-refractivity contribution in [3.63, 3.8) is 0 Å². The standard InChI is InChI=1S/C18H12FN3/c19-12-4-1-10(2-5-12)17-14-7-6-13(14)16-15(21-17)8-3-11-9-20-22-18(11)16/h1-5,8-9H,6-7H2,(H,20,22). The lowest BCUT2D eigenvalue weighted by Gasteiger charge is -2.24. The lowest BCUT2D eigenvalue weighted by atomic mass is 9.82. The molecule has 0 unspecified atom stereocenters. The first-order valence-corrected chi connectivity index (χ1v) is 7.35. The smallest absolute Gasteiger partial charge is 0.123 e. The molecule has 0 spiro atoms. The van der Waals surface area contributed by atoms with Crippen LogP contribution in [0.2, 0.25) is 0 Å². The van der Waals surface area contributed by atoms with E-state index < -0.39 is 0 Å². The number of pyridine rings is 1. The minimum absolute atomic E-state index is 0.220. The van der Waals surface area contributed by atoms with Crippen molar-refractivity contribution < 1.29 is 4.39 Å². The summed E-state index contributed by atoms with van der Waals surface area (Å²) in [6, 6.07) is 10.7. The topological polar surface area (TPSA) is 41.6 Å². The van der Waals surface area contributed by atoms with Gasteiger partial charge in [0.2, 0.25) is 0 Å². The molecule has 2 heterocycles. The second-order valence-corrected chi connectivity index (χ2v) is 5.72. The first-order chi connectivity index (χ1) is 10.8. The number of rotatable bonds is 1. The summed E-state index contributed by atoms with van der Waals surface area (Å²) >= 11 is 0. The molecule has 1 aliphatic rings. The number of H-pyrrole nitrogens is 1. The molecule has 0 fully saturated rings. The van der Waals surface area contributed by atoms with Crippen LogP contribution >= 0.6 is 0 Å². The molecule has 2 aromatic carbocycles. The first kappa shape index (κ1) is 11.9. The predicted octanol–water partition coefficient (Wildman–Crippen LogP) is 4.02. The van der Waals surface area contributed by atoms with Crippen molar-refractivity contribution in [2.75, 3.05) is 0 Å². The molecule has 0 atom stereocenters. The number of aromatic amines is 1. The molecule has 0 saturated heterocycles. The van der Waals surface area contributed by atoms with Crippen LogP contribution in [0, 0.1) is 5.82 Å². The van der Waals surface area contributed by atoms with Gasteiger partial charge in [0.1, 0.15) is 5.82 Å². The monoisotopic (exact) mass is 289 g/mol. The quantitative estimate of drug-likeness (QED) is 0.575. The van der Waals surface area contributed by atoms with Crippen LogP contribution in [0.15, 0.2) is 42.6 Å². The number of fused-ring (bicyclic) bond motifs is 5. The molecule has 0 aliphatic heterocycles. The molecule has 22 heavy (non-hydrogen) atoms. The van der Waals surface area contributed by atoms with Crippen molar-refractivity contribution in [1.82, 2.24) is 15.2 Å². The Labute approximate surface area is 125 Å². The Morgan fingerprint density at radius 2 is 1.77 bits per heavy atom. The number of hydrogen-bond acceptors (Lipinski definition) is 2. The average Bonchev–Trinajstić information content (AvgIpc) is 2.96. The van der Waals surface area contributed by atoms with Gasteiger partial charge >= 0.3 is 0 Å². The highest BCUT2D eigenvalue weighted by molar-refractivity contribution is 6.07. The van der Waals surface area contributed by atoms with E-state index in [2.05, 4.69) is 10.2 Å². The van der Waals surface area contributed by atoms with Gasteiger partial charge < -0.3 is 0 Å². The Bertz CT molecular complexity index is 1030. The van der Waals surface area contributed by atoms with Gasteiger partial charge in [0.25, 0.3) is 0 Å². The Morgan fingerprint density at radius 1 is 0.955 bits per heavy atom. The Morgan fingerprint density at radius 3 is 2.55 bits per heavy atom. The number of halogens is 1. The van der Waals surface area contributed by atoms with Crippen molar-refractivity contribution in [2.24, 2.45) is 0 Å².